The molecule has 18 heavy (non-hydrogen) atoms. The third kappa shape index (κ3) is 3.33. The maximum atomic E-state index is 6.43. The van der Waals surface area contributed by atoms with Crippen molar-refractivity contribution in [2.24, 2.45) is 5.73 Å². The Balaban J connectivity index is 2.93. The molecule has 2 N–H and O–H groups in total. The van der Waals surface area contributed by atoms with Crippen LogP contribution in [-0.2, 0) is 10.2 Å². The standard InChI is InChI=1S/C16H27NO/c1-5-16(6-2,14-10-8-7-9-11-14)15(17)12-18-13(3)4/h7-11,13,15H,5-6,12,17H2,1-4H3. The van der Waals surface area contributed by atoms with Crippen molar-refractivity contribution in [3.8, 4) is 0 Å². The van der Waals surface area contributed by atoms with Crippen LogP contribution in [0.5, 0.6) is 0 Å². The fourth-order valence-corrected chi connectivity index (χ4v) is 2.62. The summed E-state index contributed by atoms with van der Waals surface area (Å²) in [5, 5.41) is 0. The Morgan fingerprint density at radius 2 is 1.67 bits per heavy atom. The van der Waals surface area contributed by atoms with E-state index in [1.54, 1.807) is 0 Å². The SMILES string of the molecule is CCC(CC)(c1ccccc1)C(N)COC(C)C. The molecule has 0 saturated heterocycles. The highest BCUT2D eigenvalue weighted by molar-refractivity contribution is 5.27. The molecule has 0 aromatic heterocycles. The minimum Gasteiger partial charge on any atom is -0.377 e. The Hall–Kier alpha value is -0.860. The number of rotatable bonds is 7. The average molecular weight is 249 g/mol. The summed E-state index contributed by atoms with van der Waals surface area (Å²) in [6.45, 7) is 9.15. The second-order valence-corrected chi connectivity index (χ2v) is 5.22. The molecule has 1 atom stereocenters. The second kappa shape index (κ2) is 6.91. The summed E-state index contributed by atoms with van der Waals surface area (Å²) in [5.41, 5.74) is 7.78. The van der Waals surface area contributed by atoms with E-state index in [-0.39, 0.29) is 17.6 Å². The molecule has 0 amide bonds. The van der Waals surface area contributed by atoms with Crippen LogP contribution in [0, 0.1) is 0 Å². The highest BCUT2D eigenvalue weighted by atomic mass is 16.5. The number of hydrogen-bond donors (Lipinski definition) is 1. The number of benzene rings is 1. The molecule has 1 aromatic carbocycles. The van der Waals surface area contributed by atoms with E-state index in [2.05, 4.69) is 58.0 Å². The van der Waals surface area contributed by atoms with Crippen LogP contribution < -0.4 is 5.73 Å². The van der Waals surface area contributed by atoms with Crippen molar-refractivity contribution < 1.29 is 4.74 Å². The highest BCUT2D eigenvalue weighted by Gasteiger charge is 2.35. The topological polar surface area (TPSA) is 35.2 Å². The van der Waals surface area contributed by atoms with E-state index in [0.717, 1.165) is 12.8 Å². The van der Waals surface area contributed by atoms with Gasteiger partial charge in [-0.2, -0.15) is 0 Å². The molecule has 1 aromatic rings. The lowest BCUT2D eigenvalue weighted by molar-refractivity contribution is 0.0495. The van der Waals surface area contributed by atoms with Gasteiger partial charge in [0.1, 0.15) is 0 Å². The third-order valence-electron chi connectivity index (χ3n) is 3.93. The highest BCUT2D eigenvalue weighted by Crippen LogP contribution is 2.34. The molecule has 2 heteroatoms. The predicted molar refractivity (Wildman–Crippen MR) is 77.8 cm³/mol. The van der Waals surface area contributed by atoms with Crippen molar-refractivity contribution in [1.82, 2.24) is 0 Å². The molecule has 0 bridgehead atoms. The first kappa shape index (κ1) is 15.2. The molecule has 0 aliphatic heterocycles. The van der Waals surface area contributed by atoms with E-state index >= 15 is 0 Å². The van der Waals surface area contributed by atoms with E-state index in [1.165, 1.54) is 5.56 Å². The Morgan fingerprint density at radius 1 is 1.11 bits per heavy atom. The van der Waals surface area contributed by atoms with E-state index in [4.69, 9.17) is 10.5 Å². The fraction of sp³-hybridized carbons (Fsp3) is 0.625. The molecule has 1 rings (SSSR count). The van der Waals surface area contributed by atoms with Crippen LogP contribution in [0.3, 0.4) is 0 Å². The molecule has 0 fully saturated rings. The van der Waals surface area contributed by atoms with Gasteiger partial charge in [0.15, 0.2) is 0 Å². The van der Waals surface area contributed by atoms with Gasteiger partial charge in [0.2, 0.25) is 0 Å². The Labute approximate surface area is 112 Å². The molecule has 1 unspecified atom stereocenters. The van der Waals surface area contributed by atoms with Gasteiger partial charge in [-0.05, 0) is 32.3 Å². The van der Waals surface area contributed by atoms with E-state index < -0.39 is 0 Å². The van der Waals surface area contributed by atoms with Crippen LogP contribution >= 0.6 is 0 Å². The first-order valence-electron chi connectivity index (χ1n) is 6.99. The van der Waals surface area contributed by atoms with Crippen molar-refractivity contribution in [3.63, 3.8) is 0 Å². The zero-order valence-electron chi connectivity index (χ0n) is 12.1. The van der Waals surface area contributed by atoms with Crippen molar-refractivity contribution >= 4 is 0 Å². The van der Waals surface area contributed by atoms with Crippen molar-refractivity contribution in [2.75, 3.05) is 6.61 Å². The molecule has 0 aliphatic rings. The molecule has 0 spiro atoms. The summed E-state index contributed by atoms with van der Waals surface area (Å²) < 4.78 is 5.71. The molecule has 0 radical (unpaired) electrons. The number of nitrogens with two attached hydrogens (primary N) is 1. The molecule has 102 valence electrons. The molecule has 0 saturated carbocycles. The van der Waals surface area contributed by atoms with Crippen LogP contribution in [-0.4, -0.2) is 18.8 Å². The van der Waals surface area contributed by atoms with Crippen molar-refractivity contribution in [3.05, 3.63) is 35.9 Å². The maximum Gasteiger partial charge on any atom is 0.0629 e. The van der Waals surface area contributed by atoms with Gasteiger partial charge in [0.05, 0.1) is 12.7 Å². The summed E-state index contributed by atoms with van der Waals surface area (Å²) in [6.07, 6.45) is 2.31. The minimum atomic E-state index is 0.0240. The maximum absolute atomic E-state index is 6.43. The largest absolute Gasteiger partial charge is 0.377 e. The molecular weight excluding hydrogens is 222 g/mol. The van der Waals surface area contributed by atoms with Gasteiger partial charge >= 0.3 is 0 Å². The van der Waals surface area contributed by atoms with Crippen molar-refractivity contribution in [1.29, 1.82) is 0 Å². The molecule has 2 nitrogen and oxygen atoms in total. The fourth-order valence-electron chi connectivity index (χ4n) is 2.62. The predicted octanol–water partition coefficient (Wildman–Crippen LogP) is 3.50. The van der Waals surface area contributed by atoms with E-state index in [9.17, 15) is 0 Å². The Morgan fingerprint density at radius 3 is 2.11 bits per heavy atom. The zero-order valence-corrected chi connectivity index (χ0v) is 12.1. The lowest BCUT2D eigenvalue weighted by Gasteiger charge is -2.38. The summed E-state index contributed by atoms with van der Waals surface area (Å²) in [5.74, 6) is 0. The molecular formula is C16H27NO. The van der Waals surface area contributed by atoms with Crippen molar-refractivity contribution in [2.45, 2.75) is 58.1 Å². The minimum absolute atomic E-state index is 0.0240. The number of hydrogen-bond acceptors (Lipinski definition) is 2. The summed E-state index contributed by atoms with van der Waals surface area (Å²) in [6, 6.07) is 10.6. The normalized spacial score (nSPS) is 13.9. The Bertz CT molecular complexity index is 330. The quantitative estimate of drug-likeness (QED) is 0.802. The number of ether oxygens (including phenoxy) is 1. The lowest BCUT2D eigenvalue weighted by atomic mass is 9.70. The summed E-state index contributed by atoms with van der Waals surface area (Å²) >= 11 is 0. The van der Waals surface area contributed by atoms with Crippen LogP contribution in [0.15, 0.2) is 30.3 Å². The van der Waals surface area contributed by atoms with E-state index in [0.29, 0.717) is 6.61 Å². The van der Waals surface area contributed by atoms with Crippen LogP contribution in [0.4, 0.5) is 0 Å². The van der Waals surface area contributed by atoms with Gasteiger partial charge < -0.3 is 10.5 Å². The molecule has 0 aliphatic carbocycles. The second-order valence-electron chi connectivity index (χ2n) is 5.22. The van der Waals surface area contributed by atoms with Gasteiger partial charge in [-0.1, -0.05) is 44.2 Å². The lowest BCUT2D eigenvalue weighted by Crippen LogP contribution is -2.48. The van der Waals surface area contributed by atoms with Crippen LogP contribution in [0.25, 0.3) is 0 Å². The van der Waals surface area contributed by atoms with Gasteiger partial charge in [-0.15, -0.1) is 0 Å². The van der Waals surface area contributed by atoms with Crippen LogP contribution in [0.1, 0.15) is 46.1 Å². The Kier molecular flexibility index (Phi) is 5.83. The van der Waals surface area contributed by atoms with Gasteiger partial charge in [0.25, 0.3) is 0 Å². The summed E-state index contributed by atoms with van der Waals surface area (Å²) in [7, 11) is 0. The van der Waals surface area contributed by atoms with E-state index in [1.807, 2.05) is 0 Å². The first-order valence-corrected chi connectivity index (χ1v) is 6.99. The van der Waals surface area contributed by atoms with Gasteiger partial charge in [-0.25, -0.2) is 0 Å². The summed E-state index contributed by atoms with van der Waals surface area (Å²) in [4.78, 5) is 0. The smallest absolute Gasteiger partial charge is 0.0629 e. The average Bonchev–Trinajstić information content (AvgIpc) is 2.39. The zero-order chi connectivity index (χ0) is 13.6. The monoisotopic (exact) mass is 249 g/mol. The third-order valence-corrected chi connectivity index (χ3v) is 3.93. The first-order chi connectivity index (χ1) is 8.56. The van der Waals surface area contributed by atoms with Gasteiger partial charge in [0, 0.05) is 11.5 Å². The van der Waals surface area contributed by atoms with Crippen LogP contribution in [0.2, 0.25) is 0 Å². The van der Waals surface area contributed by atoms with Gasteiger partial charge in [-0.3, -0.25) is 0 Å². The molecule has 0 heterocycles.